The summed E-state index contributed by atoms with van der Waals surface area (Å²) < 4.78 is 69.3. The summed E-state index contributed by atoms with van der Waals surface area (Å²) in [6, 6.07) is 10.8. The van der Waals surface area contributed by atoms with E-state index in [1.165, 1.54) is 12.3 Å². The maximum absolute atomic E-state index is 13.0. The van der Waals surface area contributed by atoms with E-state index in [2.05, 4.69) is 10.5 Å². The average molecular weight is 488 g/mol. The first-order valence-corrected chi connectivity index (χ1v) is 12.3. The van der Waals surface area contributed by atoms with Crippen molar-refractivity contribution in [2.75, 3.05) is 28.6 Å². The van der Waals surface area contributed by atoms with Crippen LogP contribution in [0.3, 0.4) is 0 Å². The molecule has 1 saturated heterocycles. The third-order valence-corrected chi connectivity index (χ3v) is 6.70. The minimum Gasteiger partial charge on any atom is -0.489 e. The first-order chi connectivity index (χ1) is 15.0. The van der Waals surface area contributed by atoms with E-state index in [0.717, 1.165) is 35.6 Å². The molecule has 1 aliphatic heterocycles. The van der Waals surface area contributed by atoms with Gasteiger partial charge >= 0.3 is 6.18 Å². The lowest BCUT2D eigenvalue weighted by Gasteiger charge is -2.25. The van der Waals surface area contributed by atoms with Crippen molar-refractivity contribution in [3.05, 3.63) is 59.7 Å². The Morgan fingerprint density at radius 1 is 1.25 bits per heavy atom. The lowest BCUT2D eigenvalue weighted by molar-refractivity contribution is -0.137. The van der Waals surface area contributed by atoms with E-state index in [0.29, 0.717) is 15.9 Å². The first-order valence-electron chi connectivity index (χ1n) is 9.34. The Hall–Kier alpha value is -2.73. The smallest absolute Gasteiger partial charge is 0.416 e. The molecule has 0 aliphatic carbocycles. The summed E-state index contributed by atoms with van der Waals surface area (Å²) in [4.78, 5) is 12.2. The second-order valence-electron chi connectivity index (χ2n) is 6.96. The summed E-state index contributed by atoms with van der Waals surface area (Å²) in [5.41, 5.74) is 1.55. The standard InChI is InChI=1S/C20H20F3N3O4S2/c1-32(28,29)26(16-4-2-3-15(9-16)20(21,22)23)11-19(27)25-24-10-14-5-7-17(8-6-14)30-18-12-31-13-18/h2-10,18H,11-13H2,1H3,(H,25,27)/b24-10+. The van der Waals surface area contributed by atoms with Crippen molar-refractivity contribution in [3.8, 4) is 5.75 Å². The largest absolute Gasteiger partial charge is 0.489 e. The molecule has 1 N–H and O–H groups in total. The van der Waals surface area contributed by atoms with E-state index >= 15 is 0 Å². The van der Waals surface area contributed by atoms with Gasteiger partial charge in [-0.15, -0.1) is 0 Å². The molecule has 12 heteroatoms. The third-order valence-electron chi connectivity index (χ3n) is 4.34. The Morgan fingerprint density at radius 3 is 2.50 bits per heavy atom. The normalized spacial score (nSPS) is 14.8. The highest BCUT2D eigenvalue weighted by atomic mass is 32.2. The fourth-order valence-electron chi connectivity index (χ4n) is 2.69. The van der Waals surface area contributed by atoms with Crippen molar-refractivity contribution in [1.29, 1.82) is 0 Å². The van der Waals surface area contributed by atoms with Gasteiger partial charge in [-0.25, -0.2) is 13.8 Å². The Balaban J connectivity index is 1.62. The zero-order valence-corrected chi connectivity index (χ0v) is 18.5. The maximum atomic E-state index is 13.0. The molecule has 1 aliphatic rings. The monoisotopic (exact) mass is 487 g/mol. The van der Waals surface area contributed by atoms with Crippen molar-refractivity contribution in [2.45, 2.75) is 12.3 Å². The minimum atomic E-state index is -4.65. The van der Waals surface area contributed by atoms with Gasteiger partial charge in [-0.3, -0.25) is 9.10 Å². The minimum absolute atomic E-state index is 0.216. The SMILES string of the molecule is CS(=O)(=O)N(CC(=O)N/N=C/c1ccc(OC2CSC2)cc1)c1cccc(C(F)(F)F)c1. The molecular formula is C20H20F3N3O4S2. The Labute approximate surface area is 187 Å². The molecule has 2 aromatic carbocycles. The highest BCUT2D eigenvalue weighted by Gasteiger charge is 2.32. The average Bonchev–Trinajstić information content (AvgIpc) is 2.68. The summed E-state index contributed by atoms with van der Waals surface area (Å²) in [7, 11) is -4.03. The summed E-state index contributed by atoms with van der Waals surface area (Å²) in [6.45, 7) is -0.732. The van der Waals surface area contributed by atoms with Gasteiger partial charge in [-0.2, -0.15) is 30.0 Å². The topological polar surface area (TPSA) is 88.1 Å². The molecule has 7 nitrogen and oxygen atoms in total. The van der Waals surface area contributed by atoms with Crippen LogP contribution >= 0.6 is 11.8 Å². The molecule has 32 heavy (non-hydrogen) atoms. The van der Waals surface area contributed by atoms with Crippen LogP contribution in [0.25, 0.3) is 0 Å². The fourth-order valence-corrected chi connectivity index (χ4v) is 4.10. The summed E-state index contributed by atoms with van der Waals surface area (Å²) in [5.74, 6) is 1.83. The quantitative estimate of drug-likeness (QED) is 0.457. The number of hydrazone groups is 1. The number of alkyl halides is 3. The molecule has 0 saturated carbocycles. The second-order valence-corrected chi connectivity index (χ2v) is 9.94. The van der Waals surface area contributed by atoms with Crippen LogP contribution in [0, 0.1) is 0 Å². The zero-order chi connectivity index (χ0) is 23.4. The number of halogens is 3. The van der Waals surface area contributed by atoms with Gasteiger partial charge in [0.25, 0.3) is 5.91 Å². The molecule has 172 valence electrons. The lowest BCUT2D eigenvalue weighted by atomic mass is 10.2. The number of carbonyl (C=O) groups excluding carboxylic acids is 1. The third kappa shape index (κ3) is 6.63. The van der Waals surface area contributed by atoms with Crippen molar-refractivity contribution >= 4 is 39.6 Å². The van der Waals surface area contributed by atoms with Gasteiger partial charge < -0.3 is 4.74 Å². The lowest BCUT2D eigenvalue weighted by Crippen LogP contribution is -2.39. The number of anilines is 1. The van der Waals surface area contributed by atoms with Gasteiger partial charge in [-0.1, -0.05) is 6.07 Å². The predicted octanol–water partition coefficient (Wildman–Crippen LogP) is 3.12. The van der Waals surface area contributed by atoms with Crippen LogP contribution in [0.5, 0.6) is 5.75 Å². The number of carbonyl (C=O) groups is 1. The summed E-state index contributed by atoms with van der Waals surface area (Å²) >= 11 is 1.81. The molecule has 2 aromatic rings. The second kappa shape index (κ2) is 9.82. The van der Waals surface area contributed by atoms with E-state index in [-0.39, 0.29) is 11.8 Å². The van der Waals surface area contributed by atoms with Crippen molar-refractivity contribution in [2.24, 2.45) is 5.10 Å². The van der Waals surface area contributed by atoms with Gasteiger partial charge in [0.2, 0.25) is 10.0 Å². The highest BCUT2D eigenvalue weighted by Crippen LogP contribution is 2.32. The molecule has 1 fully saturated rings. The fraction of sp³-hybridized carbons (Fsp3) is 0.300. The van der Waals surface area contributed by atoms with Crippen LogP contribution < -0.4 is 14.5 Å². The molecule has 0 atom stereocenters. The number of sulfonamides is 1. The number of ether oxygens (including phenoxy) is 1. The number of nitrogens with zero attached hydrogens (tertiary/aromatic N) is 2. The maximum Gasteiger partial charge on any atom is 0.416 e. The molecule has 1 amide bonds. The predicted molar refractivity (Wildman–Crippen MR) is 118 cm³/mol. The molecule has 0 spiro atoms. The van der Waals surface area contributed by atoms with Gasteiger partial charge in [0.05, 0.1) is 23.7 Å². The van der Waals surface area contributed by atoms with Crippen molar-refractivity contribution in [3.63, 3.8) is 0 Å². The summed E-state index contributed by atoms with van der Waals surface area (Å²) in [6.07, 6.45) is -2.28. The number of nitrogens with one attached hydrogen (secondary N) is 1. The van der Waals surface area contributed by atoms with Crippen LogP contribution in [0.2, 0.25) is 0 Å². The Morgan fingerprint density at radius 2 is 1.94 bits per heavy atom. The van der Waals surface area contributed by atoms with E-state index in [1.807, 2.05) is 11.8 Å². The number of amides is 1. The van der Waals surface area contributed by atoms with Crippen LogP contribution in [0.1, 0.15) is 11.1 Å². The molecule has 1 heterocycles. The van der Waals surface area contributed by atoms with E-state index < -0.39 is 34.2 Å². The number of thioether (sulfide) groups is 1. The number of hydrogen-bond donors (Lipinski definition) is 1. The molecular weight excluding hydrogens is 467 g/mol. The van der Waals surface area contributed by atoms with E-state index in [4.69, 9.17) is 4.74 Å². The van der Waals surface area contributed by atoms with Crippen LogP contribution in [-0.2, 0) is 21.0 Å². The summed E-state index contributed by atoms with van der Waals surface area (Å²) in [5, 5.41) is 3.77. The van der Waals surface area contributed by atoms with Crippen LogP contribution in [-0.4, -0.2) is 50.9 Å². The van der Waals surface area contributed by atoms with E-state index in [9.17, 15) is 26.4 Å². The van der Waals surface area contributed by atoms with E-state index in [1.54, 1.807) is 24.3 Å². The number of benzene rings is 2. The van der Waals surface area contributed by atoms with Gasteiger partial charge in [0, 0.05) is 11.5 Å². The zero-order valence-electron chi connectivity index (χ0n) is 16.9. The van der Waals surface area contributed by atoms with Gasteiger partial charge in [-0.05, 0) is 48.0 Å². The van der Waals surface area contributed by atoms with Crippen molar-refractivity contribution in [1.82, 2.24) is 5.43 Å². The molecule has 0 bridgehead atoms. The first kappa shape index (κ1) is 23.9. The van der Waals surface area contributed by atoms with Crippen molar-refractivity contribution < 1.29 is 31.1 Å². The molecule has 0 aromatic heterocycles. The molecule has 0 unspecified atom stereocenters. The molecule has 0 radical (unpaired) electrons. The van der Waals surface area contributed by atoms with Gasteiger partial charge in [0.1, 0.15) is 18.4 Å². The van der Waals surface area contributed by atoms with Crippen LogP contribution in [0.15, 0.2) is 53.6 Å². The highest BCUT2D eigenvalue weighted by molar-refractivity contribution is 8.00. The molecule has 3 rings (SSSR count). The van der Waals surface area contributed by atoms with Crippen LogP contribution in [0.4, 0.5) is 18.9 Å². The Bertz CT molecular complexity index is 1090. The Kier molecular flexibility index (Phi) is 7.34. The number of hydrogen-bond acceptors (Lipinski definition) is 6. The van der Waals surface area contributed by atoms with Gasteiger partial charge in [0.15, 0.2) is 0 Å². The number of rotatable bonds is 8.